The minimum Gasteiger partial charge on any atom is -0.376 e. The van der Waals surface area contributed by atoms with Crippen LogP contribution >= 0.6 is 15.9 Å². The second-order valence-electron chi connectivity index (χ2n) is 4.70. The first-order chi connectivity index (χ1) is 9.56. The number of rotatable bonds is 4. The van der Waals surface area contributed by atoms with Gasteiger partial charge in [-0.05, 0) is 53.5 Å². The summed E-state index contributed by atoms with van der Waals surface area (Å²) in [5, 5.41) is 6.02. The van der Waals surface area contributed by atoms with E-state index in [-0.39, 0.29) is 12.5 Å². The molecule has 0 saturated carbocycles. The SMILES string of the molecule is Cc1ccc(NCC(=O)Nc2ccccc2Br)c(C)c1. The van der Waals surface area contributed by atoms with Crippen molar-refractivity contribution < 1.29 is 4.79 Å². The molecule has 4 heteroatoms. The number of aryl methyl sites for hydroxylation is 2. The van der Waals surface area contributed by atoms with Crippen LogP contribution in [-0.4, -0.2) is 12.5 Å². The lowest BCUT2D eigenvalue weighted by molar-refractivity contribution is -0.114. The highest BCUT2D eigenvalue weighted by Gasteiger charge is 2.05. The lowest BCUT2D eigenvalue weighted by Gasteiger charge is -2.11. The summed E-state index contributed by atoms with van der Waals surface area (Å²) in [5.41, 5.74) is 4.11. The first-order valence-electron chi connectivity index (χ1n) is 6.42. The quantitative estimate of drug-likeness (QED) is 0.884. The molecule has 0 heterocycles. The van der Waals surface area contributed by atoms with Crippen molar-refractivity contribution in [3.63, 3.8) is 0 Å². The van der Waals surface area contributed by atoms with Crippen LogP contribution < -0.4 is 10.6 Å². The average molecular weight is 333 g/mol. The van der Waals surface area contributed by atoms with Crippen molar-refractivity contribution in [1.82, 2.24) is 0 Å². The Labute approximate surface area is 127 Å². The fourth-order valence-corrected chi connectivity index (χ4v) is 2.33. The van der Waals surface area contributed by atoms with Gasteiger partial charge >= 0.3 is 0 Å². The molecule has 3 nitrogen and oxygen atoms in total. The standard InChI is InChI=1S/C16H17BrN2O/c1-11-7-8-14(12(2)9-11)18-10-16(20)19-15-6-4-3-5-13(15)17/h3-9,18H,10H2,1-2H3,(H,19,20). The van der Waals surface area contributed by atoms with Gasteiger partial charge in [0.15, 0.2) is 0 Å². The molecule has 1 amide bonds. The molecular formula is C16H17BrN2O. The molecule has 0 aliphatic heterocycles. The van der Waals surface area contributed by atoms with E-state index in [4.69, 9.17) is 0 Å². The summed E-state index contributed by atoms with van der Waals surface area (Å²) in [5.74, 6) is -0.0723. The highest BCUT2D eigenvalue weighted by atomic mass is 79.9. The third-order valence-corrected chi connectivity index (χ3v) is 3.66. The molecule has 2 rings (SSSR count). The summed E-state index contributed by atoms with van der Waals surface area (Å²) in [4.78, 5) is 11.9. The number of benzene rings is 2. The smallest absolute Gasteiger partial charge is 0.243 e. The summed E-state index contributed by atoms with van der Waals surface area (Å²) in [6.45, 7) is 4.32. The van der Waals surface area contributed by atoms with Crippen molar-refractivity contribution in [2.45, 2.75) is 13.8 Å². The lowest BCUT2D eigenvalue weighted by Crippen LogP contribution is -2.22. The van der Waals surface area contributed by atoms with E-state index in [1.807, 2.05) is 43.3 Å². The zero-order valence-corrected chi connectivity index (χ0v) is 13.1. The fraction of sp³-hybridized carbons (Fsp3) is 0.188. The molecule has 0 bridgehead atoms. The monoisotopic (exact) mass is 332 g/mol. The number of hydrogen-bond donors (Lipinski definition) is 2. The van der Waals surface area contributed by atoms with Gasteiger partial charge in [0, 0.05) is 10.2 Å². The Morgan fingerprint density at radius 2 is 1.85 bits per heavy atom. The van der Waals surface area contributed by atoms with Crippen molar-refractivity contribution in [2.75, 3.05) is 17.2 Å². The Bertz CT molecular complexity index is 626. The minimum atomic E-state index is -0.0723. The Kier molecular flexibility index (Phi) is 4.79. The molecule has 0 aromatic heterocycles. The maximum absolute atomic E-state index is 11.9. The predicted molar refractivity (Wildman–Crippen MR) is 87.2 cm³/mol. The average Bonchev–Trinajstić information content (AvgIpc) is 2.40. The molecule has 0 unspecified atom stereocenters. The van der Waals surface area contributed by atoms with E-state index < -0.39 is 0 Å². The van der Waals surface area contributed by atoms with Gasteiger partial charge in [-0.2, -0.15) is 0 Å². The Morgan fingerprint density at radius 1 is 1.10 bits per heavy atom. The van der Waals surface area contributed by atoms with Gasteiger partial charge in [-0.1, -0.05) is 29.8 Å². The van der Waals surface area contributed by atoms with Crippen LogP contribution in [0.15, 0.2) is 46.9 Å². The Morgan fingerprint density at radius 3 is 2.55 bits per heavy atom. The first kappa shape index (κ1) is 14.6. The zero-order valence-electron chi connectivity index (χ0n) is 11.5. The Balaban J connectivity index is 1.94. The largest absolute Gasteiger partial charge is 0.376 e. The number of amides is 1. The minimum absolute atomic E-state index is 0.0723. The molecule has 0 spiro atoms. The maximum atomic E-state index is 11.9. The molecule has 0 aliphatic rings. The van der Waals surface area contributed by atoms with Crippen LogP contribution in [0.5, 0.6) is 0 Å². The number of para-hydroxylation sites is 1. The van der Waals surface area contributed by atoms with Crippen LogP contribution in [-0.2, 0) is 4.79 Å². The zero-order chi connectivity index (χ0) is 14.5. The summed E-state index contributed by atoms with van der Waals surface area (Å²) in [6, 6.07) is 13.7. The van der Waals surface area contributed by atoms with E-state index in [1.54, 1.807) is 0 Å². The van der Waals surface area contributed by atoms with E-state index in [0.29, 0.717) is 0 Å². The van der Waals surface area contributed by atoms with Gasteiger partial charge in [-0.15, -0.1) is 0 Å². The highest BCUT2D eigenvalue weighted by molar-refractivity contribution is 9.10. The lowest BCUT2D eigenvalue weighted by atomic mass is 10.1. The van der Waals surface area contributed by atoms with E-state index in [2.05, 4.69) is 39.6 Å². The Hall–Kier alpha value is -1.81. The highest BCUT2D eigenvalue weighted by Crippen LogP contribution is 2.21. The summed E-state index contributed by atoms with van der Waals surface area (Å²) >= 11 is 3.41. The third-order valence-electron chi connectivity index (χ3n) is 2.97. The number of halogens is 1. The van der Waals surface area contributed by atoms with Crippen LogP contribution in [0.3, 0.4) is 0 Å². The van der Waals surface area contributed by atoms with Crippen LogP contribution in [0.2, 0.25) is 0 Å². The fourth-order valence-electron chi connectivity index (χ4n) is 1.94. The van der Waals surface area contributed by atoms with E-state index in [1.165, 1.54) is 5.56 Å². The van der Waals surface area contributed by atoms with Gasteiger partial charge in [0.2, 0.25) is 5.91 Å². The number of anilines is 2. The summed E-state index contributed by atoms with van der Waals surface area (Å²) in [6.07, 6.45) is 0. The van der Waals surface area contributed by atoms with Crippen molar-refractivity contribution in [1.29, 1.82) is 0 Å². The second-order valence-corrected chi connectivity index (χ2v) is 5.55. The van der Waals surface area contributed by atoms with Crippen LogP contribution in [0.25, 0.3) is 0 Å². The molecule has 0 saturated heterocycles. The van der Waals surface area contributed by atoms with Gasteiger partial charge in [0.05, 0.1) is 12.2 Å². The second kappa shape index (κ2) is 6.57. The van der Waals surface area contributed by atoms with E-state index in [9.17, 15) is 4.79 Å². The van der Waals surface area contributed by atoms with Gasteiger partial charge in [0.25, 0.3) is 0 Å². The number of hydrogen-bond acceptors (Lipinski definition) is 2. The third kappa shape index (κ3) is 3.84. The van der Waals surface area contributed by atoms with Crippen LogP contribution in [0.4, 0.5) is 11.4 Å². The number of carbonyl (C=O) groups is 1. The summed E-state index contributed by atoms with van der Waals surface area (Å²) < 4.78 is 0.875. The molecule has 0 atom stereocenters. The normalized spacial score (nSPS) is 10.2. The van der Waals surface area contributed by atoms with Crippen molar-refractivity contribution in [2.24, 2.45) is 0 Å². The van der Waals surface area contributed by atoms with Crippen molar-refractivity contribution >= 4 is 33.2 Å². The number of nitrogens with one attached hydrogen (secondary N) is 2. The van der Waals surface area contributed by atoms with Crippen molar-refractivity contribution in [3.8, 4) is 0 Å². The maximum Gasteiger partial charge on any atom is 0.243 e. The predicted octanol–water partition coefficient (Wildman–Crippen LogP) is 4.12. The van der Waals surface area contributed by atoms with Crippen LogP contribution in [0.1, 0.15) is 11.1 Å². The first-order valence-corrected chi connectivity index (χ1v) is 7.21. The van der Waals surface area contributed by atoms with E-state index >= 15 is 0 Å². The molecule has 20 heavy (non-hydrogen) atoms. The van der Waals surface area contributed by atoms with Crippen molar-refractivity contribution in [3.05, 3.63) is 58.1 Å². The molecule has 104 valence electrons. The molecule has 0 aliphatic carbocycles. The van der Waals surface area contributed by atoms with Gasteiger partial charge in [-0.3, -0.25) is 4.79 Å². The van der Waals surface area contributed by atoms with Gasteiger partial charge in [0.1, 0.15) is 0 Å². The van der Waals surface area contributed by atoms with E-state index in [0.717, 1.165) is 21.4 Å². The molecular weight excluding hydrogens is 316 g/mol. The van der Waals surface area contributed by atoms with Crippen LogP contribution in [0, 0.1) is 13.8 Å². The topological polar surface area (TPSA) is 41.1 Å². The molecule has 2 N–H and O–H groups in total. The molecule has 0 fully saturated rings. The van der Waals surface area contributed by atoms with Gasteiger partial charge < -0.3 is 10.6 Å². The molecule has 0 radical (unpaired) electrons. The number of carbonyl (C=O) groups excluding carboxylic acids is 1. The van der Waals surface area contributed by atoms with Gasteiger partial charge in [-0.25, -0.2) is 0 Å². The molecule has 2 aromatic carbocycles. The summed E-state index contributed by atoms with van der Waals surface area (Å²) in [7, 11) is 0. The molecule has 2 aromatic rings.